The molecule has 0 aliphatic carbocycles. The summed E-state index contributed by atoms with van der Waals surface area (Å²) < 4.78 is 12.5. The summed E-state index contributed by atoms with van der Waals surface area (Å²) in [6.07, 6.45) is 0.436. The first-order valence-corrected chi connectivity index (χ1v) is 7.23. The highest BCUT2D eigenvalue weighted by atomic mass is 16.7. The van der Waals surface area contributed by atoms with E-state index in [1.165, 1.54) is 0 Å². The number of hydrogen-bond acceptors (Lipinski definition) is 4. The largest absolute Gasteiger partial charge is 0.390 e. The number of nitrogens with zero attached hydrogens (tertiary/aromatic N) is 2. The van der Waals surface area contributed by atoms with Crippen LogP contribution in [0.2, 0.25) is 0 Å². The minimum absolute atomic E-state index is 0.396. The number of para-hydroxylation sites is 2. The molecule has 0 saturated heterocycles. The zero-order valence-electron chi connectivity index (χ0n) is 13.2. The molecule has 1 N–H and O–H groups in total. The van der Waals surface area contributed by atoms with Gasteiger partial charge in [-0.25, -0.2) is 4.98 Å². The van der Waals surface area contributed by atoms with Crippen LogP contribution in [0, 0.1) is 0 Å². The van der Waals surface area contributed by atoms with E-state index in [9.17, 15) is 5.11 Å². The zero-order valence-corrected chi connectivity index (χ0v) is 13.2. The van der Waals surface area contributed by atoms with Crippen LogP contribution in [-0.4, -0.2) is 40.8 Å². The van der Waals surface area contributed by atoms with Crippen molar-refractivity contribution in [3.05, 3.63) is 30.1 Å². The lowest BCUT2D eigenvalue weighted by molar-refractivity contribution is -0.140. The number of aliphatic hydroxyl groups is 1. The number of aryl methyl sites for hydroxylation is 1. The fourth-order valence-electron chi connectivity index (χ4n) is 2.65. The molecule has 0 bridgehead atoms. The zero-order chi connectivity index (χ0) is 15.5. The van der Waals surface area contributed by atoms with E-state index in [4.69, 9.17) is 9.47 Å². The molecule has 5 nitrogen and oxygen atoms in total. The number of imidazole rings is 1. The Hall–Kier alpha value is -1.43. The van der Waals surface area contributed by atoms with Gasteiger partial charge in [0.1, 0.15) is 5.82 Å². The van der Waals surface area contributed by atoms with Crippen LogP contribution in [-0.2, 0) is 22.4 Å². The van der Waals surface area contributed by atoms with E-state index >= 15 is 0 Å². The van der Waals surface area contributed by atoms with Crippen molar-refractivity contribution in [1.82, 2.24) is 9.55 Å². The number of fused-ring (bicyclic) bond motifs is 1. The van der Waals surface area contributed by atoms with Gasteiger partial charge in [0, 0.05) is 33.6 Å². The van der Waals surface area contributed by atoms with Gasteiger partial charge in [-0.2, -0.15) is 0 Å². The van der Waals surface area contributed by atoms with Gasteiger partial charge in [-0.1, -0.05) is 12.1 Å². The average molecular weight is 292 g/mol. The van der Waals surface area contributed by atoms with Gasteiger partial charge in [0.15, 0.2) is 6.29 Å². The lowest BCUT2D eigenvalue weighted by Gasteiger charge is -2.27. The lowest BCUT2D eigenvalue weighted by atomic mass is 9.97. The van der Waals surface area contributed by atoms with Gasteiger partial charge >= 0.3 is 0 Å². The Kier molecular flexibility index (Phi) is 4.98. The van der Waals surface area contributed by atoms with Gasteiger partial charge in [-0.3, -0.25) is 0 Å². The molecule has 0 amide bonds. The molecule has 1 unspecified atom stereocenters. The first-order valence-electron chi connectivity index (χ1n) is 7.23. The van der Waals surface area contributed by atoms with Crippen LogP contribution in [0.25, 0.3) is 11.0 Å². The van der Waals surface area contributed by atoms with E-state index in [1.807, 2.05) is 18.2 Å². The van der Waals surface area contributed by atoms with Crippen molar-refractivity contribution in [3.63, 3.8) is 0 Å². The van der Waals surface area contributed by atoms with Crippen molar-refractivity contribution in [1.29, 1.82) is 0 Å². The molecule has 0 fully saturated rings. The normalized spacial score (nSPS) is 14.8. The molecule has 2 rings (SSSR count). The Labute approximate surface area is 125 Å². The molecule has 0 aliphatic heterocycles. The van der Waals surface area contributed by atoms with Crippen LogP contribution in [0.1, 0.15) is 26.1 Å². The monoisotopic (exact) mass is 292 g/mol. The molecule has 0 saturated carbocycles. The van der Waals surface area contributed by atoms with Gasteiger partial charge in [0.25, 0.3) is 0 Å². The summed E-state index contributed by atoms with van der Waals surface area (Å²) in [6, 6.07) is 8.02. The number of rotatable bonds is 7. The van der Waals surface area contributed by atoms with Crippen molar-refractivity contribution in [2.75, 3.05) is 14.2 Å². The Morgan fingerprint density at radius 2 is 1.95 bits per heavy atom. The van der Waals surface area contributed by atoms with E-state index in [-0.39, 0.29) is 0 Å². The van der Waals surface area contributed by atoms with E-state index in [0.717, 1.165) is 23.4 Å². The maximum absolute atomic E-state index is 10.6. The van der Waals surface area contributed by atoms with E-state index in [0.29, 0.717) is 12.8 Å². The molecule has 0 spiro atoms. The fourth-order valence-corrected chi connectivity index (χ4v) is 2.65. The number of ether oxygens (including phenoxy) is 2. The summed E-state index contributed by atoms with van der Waals surface area (Å²) in [6.45, 7) is 4.70. The summed E-state index contributed by atoms with van der Waals surface area (Å²) in [5.41, 5.74) is 1.12. The number of hydrogen-bond donors (Lipinski definition) is 1. The third kappa shape index (κ3) is 3.61. The first kappa shape index (κ1) is 15.9. The highest BCUT2D eigenvalue weighted by Gasteiger charge is 2.28. The van der Waals surface area contributed by atoms with E-state index < -0.39 is 11.9 Å². The van der Waals surface area contributed by atoms with Crippen LogP contribution in [0.15, 0.2) is 24.3 Å². The van der Waals surface area contributed by atoms with Crippen LogP contribution in [0.3, 0.4) is 0 Å². The van der Waals surface area contributed by atoms with Gasteiger partial charge in [0.2, 0.25) is 0 Å². The predicted molar refractivity (Wildman–Crippen MR) is 82.2 cm³/mol. The molecule has 1 atom stereocenters. The summed E-state index contributed by atoms with van der Waals surface area (Å²) >= 11 is 0. The van der Waals surface area contributed by atoms with Gasteiger partial charge in [-0.15, -0.1) is 0 Å². The fraction of sp³-hybridized carbons (Fsp3) is 0.562. The maximum Gasteiger partial charge on any atom is 0.159 e. The Morgan fingerprint density at radius 1 is 1.29 bits per heavy atom. The maximum atomic E-state index is 10.6. The summed E-state index contributed by atoms with van der Waals surface area (Å²) in [5.74, 6) is 0.884. The number of aromatic nitrogens is 2. The van der Waals surface area contributed by atoms with Gasteiger partial charge < -0.3 is 19.1 Å². The number of benzene rings is 1. The molecular formula is C16H24N2O3. The molecule has 0 aliphatic rings. The molecule has 1 aromatic heterocycles. The van der Waals surface area contributed by atoms with Crippen LogP contribution in [0.5, 0.6) is 0 Å². The average Bonchev–Trinajstić information content (AvgIpc) is 2.80. The molecule has 21 heavy (non-hydrogen) atoms. The minimum atomic E-state index is -0.940. The van der Waals surface area contributed by atoms with Crippen LogP contribution in [0.4, 0.5) is 0 Å². The Bertz CT molecular complexity index is 588. The van der Waals surface area contributed by atoms with Crippen molar-refractivity contribution < 1.29 is 14.6 Å². The van der Waals surface area contributed by atoms with Crippen LogP contribution < -0.4 is 0 Å². The van der Waals surface area contributed by atoms with Crippen LogP contribution >= 0.6 is 0 Å². The molecular weight excluding hydrogens is 268 g/mol. The highest BCUT2D eigenvalue weighted by Crippen LogP contribution is 2.23. The van der Waals surface area contributed by atoms with Crippen molar-refractivity contribution in [2.45, 2.75) is 45.1 Å². The van der Waals surface area contributed by atoms with Crippen molar-refractivity contribution in [2.24, 2.45) is 0 Å². The second-order valence-corrected chi connectivity index (χ2v) is 5.54. The smallest absolute Gasteiger partial charge is 0.159 e. The summed E-state index contributed by atoms with van der Waals surface area (Å²) in [4.78, 5) is 4.65. The lowest BCUT2D eigenvalue weighted by Crippen LogP contribution is -2.35. The molecule has 5 heteroatoms. The summed E-state index contributed by atoms with van der Waals surface area (Å²) in [5, 5.41) is 10.6. The second kappa shape index (κ2) is 6.56. The van der Waals surface area contributed by atoms with Gasteiger partial charge in [-0.05, 0) is 26.0 Å². The third-order valence-electron chi connectivity index (χ3n) is 3.72. The van der Waals surface area contributed by atoms with Gasteiger partial charge in [0.05, 0.1) is 16.6 Å². The standard InChI is InChI=1S/C16H24N2O3/c1-5-18-13-9-7-6-8-12(13)17-14(18)10-16(2,19)11-15(20-3)21-4/h6-9,15,19H,5,10-11H2,1-4H3. The topological polar surface area (TPSA) is 56.5 Å². The quantitative estimate of drug-likeness (QED) is 0.796. The Balaban J connectivity index is 2.26. The van der Waals surface area contributed by atoms with E-state index in [1.54, 1.807) is 21.1 Å². The predicted octanol–water partition coefficient (Wildman–Crippen LogP) is 2.36. The minimum Gasteiger partial charge on any atom is -0.390 e. The first-order chi connectivity index (χ1) is 10.0. The molecule has 0 radical (unpaired) electrons. The Morgan fingerprint density at radius 3 is 2.57 bits per heavy atom. The molecule has 1 heterocycles. The second-order valence-electron chi connectivity index (χ2n) is 5.54. The van der Waals surface area contributed by atoms with Crippen molar-refractivity contribution >= 4 is 11.0 Å². The number of methoxy groups -OCH3 is 2. The SMILES string of the molecule is CCn1c(CC(C)(O)CC(OC)OC)nc2ccccc21. The molecule has 2 aromatic rings. The third-order valence-corrected chi connectivity index (χ3v) is 3.72. The van der Waals surface area contributed by atoms with Crippen molar-refractivity contribution in [3.8, 4) is 0 Å². The summed E-state index contributed by atoms with van der Waals surface area (Å²) in [7, 11) is 3.15. The molecule has 116 valence electrons. The van der Waals surface area contributed by atoms with E-state index in [2.05, 4.69) is 22.5 Å². The molecule has 1 aromatic carbocycles. The highest BCUT2D eigenvalue weighted by molar-refractivity contribution is 5.75.